The summed E-state index contributed by atoms with van der Waals surface area (Å²) < 4.78 is 5.29. The van der Waals surface area contributed by atoms with Crippen LogP contribution in [-0.4, -0.2) is 23.4 Å². The van der Waals surface area contributed by atoms with Crippen LogP contribution in [0.3, 0.4) is 0 Å². The number of aromatic nitrogens is 1. The molecular weight excluding hydrogens is 204 g/mol. The van der Waals surface area contributed by atoms with Gasteiger partial charge in [-0.25, -0.2) is 0 Å². The zero-order valence-corrected chi connectivity index (χ0v) is 9.93. The van der Waals surface area contributed by atoms with Crippen LogP contribution in [-0.2, 0) is 0 Å². The van der Waals surface area contributed by atoms with Gasteiger partial charge in [-0.05, 0) is 19.9 Å². The zero-order valence-electron chi connectivity index (χ0n) is 9.93. The molecule has 0 amide bonds. The third-order valence-electron chi connectivity index (χ3n) is 2.51. The first-order valence-electron chi connectivity index (χ1n) is 5.44. The molecule has 2 atom stereocenters. The molecule has 0 radical (unpaired) electrons. The number of Topliss-reactive ketones (excluding diaryl/α,β-unsaturated/α-hetero) is 1. The van der Waals surface area contributed by atoms with Gasteiger partial charge in [-0.15, -0.1) is 0 Å². The van der Waals surface area contributed by atoms with Gasteiger partial charge < -0.3 is 10.5 Å². The smallest absolute Gasteiger partial charge is 0.168 e. The van der Waals surface area contributed by atoms with Gasteiger partial charge in [-0.1, -0.05) is 6.92 Å². The molecule has 1 heterocycles. The number of carbonyl (C=O) groups is 1. The Morgan fingerprint density at radius 1 is 1.50 bits per heavy atom. The summed E-state index contributed by atoms with van der Waals surface area (Å²) in [5.74, 6) is 0.410. The fraction of sp³-hybridized carbons (Fsp3) is 0.500. The molecule has 2 N–H and O–H groups in total. The van der Waals surface area contributed by atoms with E-state index in [1.165, 1.54) is 0 Å². The first kappa shape index (κ1) is 12.6. The molecule has 0 saturated carbocycles. The lowest BCUT2D eigenvalue weighted by Crippen LogP contribution is -2.30. The van der Waals surface area contributed by atoms with E-state index in [0.29, 0.717) is 17.9 Å². The van der Waals surface area contributed by atoms with Crippen molar-refractivity contribution in [3.8, 4) is 5.75 Å². The van der Waals surface area contributed by atoms with Gasteiger partial charge in [0.15, 0.2) is 5.78 Å². The average molecular weight is 222 g/mol. The van der Waals surface area contributed by atoms with E-state index in [1.54, 1.807) is 18.5 Å². The van der Waals surface area contributed by atoms with E-state index in [4.69, 9.17) is 10.5 Å². The maximum Gasteiger partial charge on any atom is 0.168 e. The fourth-order valence-electron chi connectivity index (χ4n) is 1.30. The lowest BCUT2D eigenvalue weighted by molar-refractivity contribution is 0.0916. The van der Waals surface area contributed by atoms with E-state index in [9.17, 15) is 4.79 Å². The zero-order chi connectivity index (χ0) is 12.1. The summed E-state index contributed by atoms with van der Waals surface area (Å²) in [6, 6.07) is 1.54. The van der Waals surface area contributed by atoms with E-state index >= 15 is 0 Å². The van der Waals surface area contributed by atoms with Crippen LogP contribution < -0.4 is 10.5 Å². The van der Waals surface area contributed by atoms with Crippen molar-refractivity contribution in [2.75, 3.05) is 6.61 Å². The molecular formula is C12H18N2O2. The molecule has 0 aliphatic carbocycles. The van der Waals surface area contributed by atoms with Gasteiger partial charge in [0, 0.05) is 23.7 Å². The molecule has 0 bridgehead atoms. The Balaban J connectivity index is 2.87. The molecule has 0 fully saturated rings. The molecule has 2 unspecified atom stereocenters. The molecule has 16 heavy (non-hydrogen) atoms. The van der Waals surface area contributed by atoms with Crippen molar-refractivity contribution >= 4 is 5.78 Å². The Kier molecular flexibility index (Phi) is 4.43. The minimum atomic E-state index is -0.210. The standard InChI is InChI=1S/C12H18N2O2/c1-4-16-11-5-10(6-14-7-11)12(15)8(2)9(3)13/h5-9H,4,13H2,1-3H3. The molecule has 4 nitrogen and oxygen atoms in total. The minimum absolute atomic E-state index is 0.00375. The Labute approximate surface area is 95.8 Å². The first-order valence-corrected chi connectivity index (χ1v) is 5.44. The van der Waals surface area contributed by atoms with Crippen LogP contribution in [0, 0.1) is 5.92 Å². The van der Waals surface area contributed by atoms with Crippen molar-refractivity contribution in [3.05, 3.63) is 24.0 Å². The van der Waals surface area contributed by atoms with E-state index < -0.39 is 0 Å². The number of ketones is 1. The number of hydrogen-bond donors (Lipinski definition) is 1. The number of pyridine rings is 1. The predicted molar refractivity (Wildman–Crippen MR) is 62.5 cm³/mol. The second-order valence-corrected chi connectivity index (χ2v) is 3.85. The van der Waals surface area contributed by atoms with Gasteiger partial charge in [0.05, 0.1) is 12.8 Å². The normalized spacial score (nSPS) is 14.2. The van der Waals surface area contributed by atoms with Crippen molar-refractivity contribution in [3.63, 3.8) is 0 Å². The molecule has 4 heteroatoms. The molecule has 0 spiro atoms. The van der Waals surface area contributed by atoms with E-state index in [1.807, 2.05) is 20.8 Å². The Morgan fingerprint density at radius 2 is 2.19 bits per heavy atom. The van der Waals surface area contributed by atoms with Gasteiger partial charge in [-0.2, -0.15) is 0 Å². The van der Waals surface area contributed by atoms with Crippen LogP contribution in [0.15, 0.2) is 18.5 Å². The summed E-state index contributed by atoms with van der Waals surface area (Å²) in [7, 11) is 0. The Bertz CT molecular complexity index is 364. The van der Waals surface area contributed by atoms with Crippen molar-refractivity contribution in [1.82, 2.24) is 4.98 Å². The Morgan fingerprint density at radius 3 is 2.75 bits per heavy atom. The topological polar surface area (TPSA) is 65.2 Å². The number of rotatable bonds is 5. The minimum Gasteiger partial charge on any atom is -0.492 e. The van der Waals surface area contributed by atoms with Gasteiger partial charge in [0.25, 0.3) is 0 Å². The number of nitrogens with zero attached hydrogens (tertiary/aromatic N) is 1. The summed E-state index contributed by atoms with van der Waals surface area (Å²) in [6.07, 6.45) is 3.14. The van der Waals surface area contributed by atoms with Crippen molar-refractivity contribution in [2.24, 2.45) is 11.7 Å². The van der Waals surface area contributed by atoms with E-state index in [0.717, 1.165) is 0 Å². The van der Waals surface area contributed by atoms with Gasteiger partial charge in [0.2, 0.25) is 0 Å². The monoisotopic (exact) mass is 222 g/mol. The molecule has 0 aliphatic heterocycles. The van der Waals surface area contributed by atoms with Crippen LogP contribution >= 0.6 is 0 Å². The molecule has 1 aromatic rings. The predicted octanol–water partition coefficient (Wildman–Crippen LogP) is 1.65. The largest absolute Gasteiger partial charge is 0.492 e. The van der Waals surface area contributed by atoms with Crippen LogP contribution in [0.25, 0.3) is 0 Å². The third-order valence-corrected chi connectivity index (χ3v) is 2.51. The summed E-state index contributed by atoms with van der Waals surface area (Å²) in [6.45, 7) is 6.09. The van der Waals surface area contributed by atoms with Crippen LogP contribution in [0.2, 0.25) is 0 Å². The maximum atomic E-state index is 12.0. The Hall–Kier alpha value is -1.42. The second-order valence-electron chi connectivity index (χ2n) is 3.85. The van der Waals surface area contributed by atoms with E-state index in [2.05, 4.69) is 4.98 Å². The van der Waals surface area contributed by atoms with Crippen molar-refractivity contribution in [1.29, 1.82) is 0 Å². The second kappa shape index (κ2) is 5.61. The highest BCUT2D eigenvalue weighted by Gasteiger charge is 2.19. The summed E-state index contributed by atoms with van der Waals surface area (Å²) in [5, 5.41) is 0. The number of carbonyl (C=O) groups excluding carboxylic acids is 1. The molecule has 0 aliphatic rings. The fourth-order valence-corrected chi connectivity index (χ4v) is 1.30. The highest BCUT2D eigenvalue weighted by atomic mass is 16.5. The van der Waals surface area contributed by atoms with Gasteiger partial charge in [0.1, 0.15) is 5.75 Å². The summed E-state index contributed by atoms with van der Waals surface area (Å²) in [4.78, 5) is 15.9. The SMILES string of the molecule is CCOc1cncc(C(=O)C(C)C(C)N)c1. The molecule has 1 aromatic heterocycles. The molecule has 0 saturated heterocycles. The molecule has 1 rings (SSSR count). The number of hydrogen-bond acceptors (Lipinski definition) is 4. The quantitative estimate of drug-likeness (QED) is 0.769. The van der Waals surface area contributed by atoms with Crippen LogP contribution in [0.4, 0.5) is 0 Å². The summed E-state index contributed by atoms with van der Waals surface area (Å²) >= 11 is 0. The number of ether oxygens (including phenoxy) is 1. The average Bonchev–Trinajstić information content (AvgIpc) is 2.28. The van der Waals surface area contributed by atoms with Gasteiger partial charge >= 0.3 is 0 Å². The van der Waals surface area contributed by atoms with Crippen molar-refractivity contribution < 1.29 is 9.53 Å². The molecule has 0 aromatic carbocycles. The summed E-state index contributed by atoms with van der Waals surface area (Å²) in [5.41, 5.74) is 6.25. The third kappa shape index (κ3) is 3.03. The lowest BCUT2D eigenvalue weighted by Gasteiger charge is -2.14. The molecule has 88 valence electrons. The van der Waals surface area contributed by atoms with Gasteiger partial charge in [-0.3, -0.25) is 9.78 Å². The lowest BCUT2D eigenvalue weighted by atomic mass is 9.95. The van der Waals surface area contributed by atoms with Crippen molar-refractivity contribution in [2.45, 2.75) is 26.8 Å². The number of nitrogens with two attached hydrogens (primary N) is 1. The highest BCUT2D eigenvalue weighted by molar-refractivity contribution is 5.98. The first-order chi connectivity index (χ1) is 7.56. The maximum absolute atomic E-state index is 12.0. The van der Waals surface area contributed by atoms with Crippen LogP contribution in [0.1, 0.15) is 31.1 Å². The van der Waals surface area contributed by atoms with E-state index in [-0.39, 0.29) is 17.7 Å². The van der Waals surface area contributed by atoms with Crippen LogP contribution in [0.5, 0.6) is 5.75 Å². The highest BCUT2D eigenvalue weighted by Crippen LogP contribution is 2.15.